The number of hydrogen-bond acceptors (Lipinski definition) is 3. The van der Waals surface area contributed by atoms with E-state index < -0.39 is 5.97 Å². The highest BCUT2D eigenvalue weighted by Gasteiger charge is 2.54. The molecule has 0 saturated heterocycles. The Balaban J connectivity index is 1.53. The second-order valence-electron chi connectivity index (χ2n) is 5.83. The summed E-state index contributed by atoms with van der Waals surface area (Å²) < 4.78 is 5.05. The fourth-order valence-corrected chi connectivity index (χ4v) is 3.39. The first kappa shape index (κ1) is 13.9. The number of carboxylic acid groups (broad SMARTS) is 1. The Bertz CT molecular complexity index is 528. The normalized spacial score (nSPS) is 26.6. The molecular weight excluding hydrogens is 270 g/mol. The van der Waals surface area contributed by atoms with Crippen LogP contribution in [0.15, 0.2) is 24.3 Å². The summed E-state index contributed by atoms with van der Waals surface area (Å²) in [6.07, 6.45) is 4.87. The molecule has 2 fully saturated rings. The van der Waals surface area contributed by atoms with Gasteiger partial charge in [0.05, 0.1) is 0 Å². The number of rotatable bonds is 5. The second kappa shape index (κ2) is 5.76. The van der Waals surface area contributed by atoms with Crippen molar-refractivity contribution >= 4 is 17.6 Å². The molecule has 2 aliphatic carbocycles. The van der Waals surface area contributed by atoms with Gasteiger partial charge in [-0.2, -0.15) is 0 Å². The third kappa shape index (κ3) is 3.17. The molecule has 112 valence electrons. The maximum atomic E-state index is 12.2. The van der Waals surface area contributed by atoms with Gasteiger partial charge in [-0.25, -0.2) is 4.79 Å². The molecule has 1 amide bonds. The summed E-state index contributed by atoms with van der Waals surface area (Å²) in [5.74, 6) is 0.967. The van der Waals surface area contributed by atoms with Crippen LogP contribution in [0.2, 0.25) is 0 Å². The van der Waals surface area contributed by atoms with Gasteiger partial charge in [0.25, 0.3) is 0 Å². The zero-order valence-electron chi connectivity index (χ0n) is 11.7. The van der Waals surface area contributed by atoms with Crippen LogP contribution in [0.25, 0.3) is 0 Å². The maximum Gasteiger partial charge on any atom is 0.341 e. The lowest BCUT2D eigenvalue weighted by atomic mass is 10.0. The van der Waals surface area contributed by atoms with Crippen LogP contribution in [0, 0.1) is 17.8 Å². The fourth-order valence-electron chi connectivity index (χ4n) is 3.39. The molecule has 0 bridgehead atoms. The number of carboxylic acids is 1. The first-order valence-electron chi connectivity index (χ1n) is 7.40. The monoisotopic (exact) mass is 289 g/mol. The first-order chi connectivity index (χ1) is 10.1. The van der Waals surface area contributed by atoms with Crippen LogP contribution in [0.5, 0.6) is 5.75 Å². The minimum absolute atomic E-state index is 0.117. The molecule has 5 heteroatoms. The van der Waals surface area contributed by atoms with Gasteiger partial charge in [0.1, 0.15) is 5.75 Å². The lowest BCUT2D eigenvalue weighted by Crippen LogP contribution is -2.15. The molecule has 3 rings (SSSR count). The van der Waals surface area contributed by atoms with Crippen molar-refractivity contribution in [3.05, 3.63) is 24.3 Å². The molecule has 2 saturated carbocycles. The smallest absolute Gasteiger partial charge is 0.341 e. The number of carbonyl (C=O) groups is 2. The Kier molecular flexibility index (Phi) is 3.82. The zero-order chi connectivity index (χ0) is 14.8. The van der Waals surface area contributed by atoms with Gasteiger partial charge in [-0.1, -0.05) is 12.8 Å². The van der Waals surface area contributed by atoms with Gasteiger partial charge in [-0.15, -0.1) is 0 Å². The maximum absolute atomic E-state index is 12.2. The molecular formula is C16H19NO4. The number of ether oxygens (including phenoxy) is 1. The van der Waals surface area contributed by atoms with Crippen molar-refractivity contribution in [2.45, 2.75) is 25.7 Å². The van der Waals surface area contributed by atoms with Crippen LogP contribution >= 0.6 is 0 Å². The van der Waals surface area contributed by atoms with Crippen LogP contribution in [0.3, 0.4) is 0 Å². The van der Waals surface area contributed by atoms with Gasteiger partial charge in [0.2, 0.25) is 5.91 Å². The van der Waals surface area contributed by atoms with E-state index in [2.05, 4.69) is 5.32 Å². The predicted octanol–water partition coefficient (Wildman–Crippen LogP) is 2.52. The number of carbonyl (C=O) groups excluding carboxylic acids is 1. The third-order valence-electron chi connectivity index (χ3n) is 4.44. The van der Waals surface area contributed by atoms with Crippen molar-refractivity contribution in [2.75, 3.05) is 11.9 Å². The van der Waals surface area contributed by atoms with E-state index in [4.69, 9.17) is 9.84 Å². The van der Waals surface area contributed by atoms with Crippen LogP contribution in [-0.2, 0) is 9.59 Å². The van der Waals surface area contributed by atoms with Crippen molar-refractivity contribution in [1.82, 2.24) is 0 Å². The van der Waals surface area contributed by atoms with E-state index in [0.717, 1.165) is 5.69 Å². The number of hydrogen-bond donors (Lipinski definition) is 2. The summed E-state index contributed by atoms with van der Waals surface area (Å²) in [7, 11) is 0. The van der Waals surface area contributed by atoms with Gasteiger partial charge >= 0.3 is 5.97 Å². The van der Waals surface area contributed by atoms with Crippen molar-refractivity contribution in [2.24, 2.45) is 17.8 Å². The molecule has 2 N–H and O–H groups in total. The fraction of sp³-hybridized carbons (Fsp3) is 0.500. The van der Waals surface area contributed by atoms with Crippen molar-refractivity contribution in [3.8, 4) is 5.75 Å². The number of nitrogens with one attached hydrogen (secondary N) is 1. The Labute approximate surface area is 123 Å². The van der Waals surface area contributed by atoms with Gasteiger partial charge < -0.3 is 15.2 Å². The average molecular weight is 289 g/mol. The standard InChI is InChI=1S/C16H19NO4/c18-14(19)9-21-11-7-5-10(6-8-11)17-16(20)15-12-3-1-2-4-13(12)15/h5-8,12-13,15H,1-4,9H2,(H,17,20)(H,18,19). The molecule has 0 spiro atoms. The summed E-state index contributed by atoms with van der Waals surface area (Å²) in [5, 5.41) is 11.5. The summed E-state index contributed by atoms with van der Waals surface area (Å²) >= 11 is 0. The average Bonchev–Trinajstić information content (AvgIpc) is 3.21. The molecule has 0 heterocycles. The van der Waals surface area contributed by atoms with Crippen molar-refractivity contribution < 1.29 is 19.4 Å². The lowest BCUT2D eigenvalue weighted by Gasteiger charge is -2.07. The van der Waals surface area contributed by atoms with E-state index in [1.54, 1.807) is 24.3 Å². The number of benzene rings is 1. The molecule has 2 aliphatic rings. The van der Waals surface area contributed by atoms with Gasteiger partial charge in [0, 0.05) is 11.6 Å². The Morgan fingerprint density at radius 1 is 1.14 bits per heavy atom. The molecule has 2 atom stereocenters. The number of amides is 1. The van der Waals surface area contributed by atoms with Crippen molar-refractivity contribution in [1.29, 1.82) is 0 Å². The van der Waals surface area contributed by atoms with Crippen LogP contribution in [-0.4, -0.2) is 23.6 Å². The SMILES string of the molecule is O=C(O)COc1ccc(NC(=O)C2C3CCCCC32)cc1. The van der Waals surface area contributed by atoms with E-state index in [-0.39, 0.29) is 18.4 Å². The number of anilines is 1. The summed E-state index contributed by atoms with van der Waals surface area (Å²) in [5.41, 5.74) is 0.728. The summed E-state index contributed by atoms with van der Waals surface area (Å²) in [6, 6.07) is 6.80. The van der Waals surface area contributed by atoms with E-state index in [1.807, 2.05) is 0 Å². The quantitative estimate of drug-likeness (QED) is 0.873. The Morgan fingerprint density at radius 3 is 2.33 bits per heavy atom. The van der Waals surface area contributed by atoms with Gasteiger partial charge in [-0.3, -0.25) is 4.79 Å². The van der Waals surface area contributed by atoms with Crippen molar-refractivity contribution in [3.63, 3.8) is 0 Å². The molecule has 21 heavy (non-hydrogen) atoms. The summed E-state index contributed by atoms with van der Waals surface area (Å²) in [4.78, 5) is 22.6. The van der Waals surface area contributed by atoms with Gasteiger partial charge in [0.15, 0.2) is 6.61 Å². The number of fused-ring (bicyclic) bond motifs is 1. The Morgan fingerprint density at radius 2 is 1.76 bits per heavy atom. The largest absolute Gasteiger partial charge is 0.482 e. The highest BCUT2D eigenvalue weighted by atomic mass is 16.5. The minimum Gasteiger partial charge on any atom is -0.482 e. The molecule has 0 aromatic heterocycles. The minimum atomic E-state index is -1.01. The van der Waals surface area contributed by atoms with Crippen LogP contribution in [0.1, 0.15) is 25.7 Å². The van der Waals surface area contributed by atoms with E-state index in [0.29, 0.717) is 17.6 Å². The molecule has 1 aromatic carbocycles. The van der Waals surface area contributed by atoms with Crippen LogP contribution < -0.4 is 10.1 Å². The topological polar surface area (TPSA) is 75.6 Å². The first-order valence-corrected chi connectivity index (χ1v) is 7.40. The lowest BCUT2D eigenvalue weighted by molar-refractivity contribution is -0.139. The molecule has 2 unspecified atom stereocenters. The van der Waals surface area contributed by atoms with Gasteiger partial charge in [-0.05, 0) is 48.9 Å². The highest BCUT2D eigenvalue weighted by Crippen LogP contribution is 2.55. The highest BCUT2D eigenvalue weighted by molar-refractivity contribution is 5.94. The molecule has 0 radical (unpaired) electrons. The predicted molar refractivity (Wildman–Crippen MR) is 77.1 cm³/mol. The van der Waals surface area contributed by atoms with E-state index in [9.17, 15) is 9.59 Å². The number of aliphatic carboxylic acids is 1. The van der Waals surface area contributed by atoms with Crippen LogP contribution in [0.4, 0.5) is 5.69 Å². The second-order valence-corrected chi connectivity index (χ2v) is 5.83. The Hall–Kier alpha value is -2.04. The molecule has 0 aliphatic heterocycles. The summed E-state index contributed by atoms with van der Waals surface area (Å²) in [6.45, 7) is -0.364. The molecule has 5 nitrogen and oxygen atoms in total. The zero-order valence-corrected chi connectivity index (χ0v) is 11.7. The van der Waals surface area contributed by atoms with E-state index in [1.165, 1.54) is 25.7 Å². The third-order valence-corrected chi connectivity index (χ3v) is 4.44. The van der Waals surface area contributed by atoms with E-state index >= 15 is 0 Å². The molecule has 1 aromatic rings.